The van der Waals surface area contributed by atoms with Crippen LogP contribution in [0.25, 0.3) is 0 Å². The first-order valence-electron chi connectivity index (χ1n) is 4.57. The average molecular weight is 238 g/mol. The van der Waals surface area contributed by atoms with E-state index < -0.39 is 11.2 Å². The number of aryl methyl sites for hydroxylation is 1. The maximum atomic E-state index is 12.3. The molecule has 1 aromatic heterocycles. The highest BCUT2D eigenvalue weighted by atomic mass is 32.1. The topological polar surface area (TPSA) is 24.9 Å². The first-order valence-corrected chi connectivity index (χ1v) is 5.39. The minimum Gasteiger partial charge on any atom is -0.310 e. The van der Waals surface area contributed by atoms with Gasteiger partial charge in [0.25, 0.3) is 0 Å². The molecule has 2 nitrogen and oxygen atoms in total. The predicted octanol–water partition coefficient (Wildman–Crippen LogP) is 2.97. The van der Waals surface area contributed by atoms with Gasteiger partial charge < -0.3 is 5.32 Å². The van der Waals surface area contributed by atoms with Crippen molar-refractivity contribution in [2.24, 2.45) is 0 Å². The molecule has 0 bridgehead atoms. The van der Waals surface area contributed by atoms with Crippen molar-refractivity contribution >= 4 is 11.3 Å². The lowest BCUT2D eigenvalue weighted by Crippen LogP contribution is -2.21. The van der Waals surface area contributed by atoms with E-state index >= 15 is 0 Å². The van der Waals surface area contributed by atoms with Gasteiger partial charge in [0.2, 0.25) is 0 Å². The third-order valence-electron chi connectivity index (χ3n) is 1.81. The van der Waals surface area contributed by atoms with Gasteiger partial charge in [-0.2, -0.15) is 13.2 Å². The fraction of sp³-hybridized carbons (Fsp3) is 0.667. The Morgan fingerprint density at radius 3 is 2.40 bits per heavy atom. The summed E-state index contributed by atoms with van der Waals surface area (Å²) in [6.45, 7) is 5.93. The lowest BCUT2D eigenvalue weighted by atomic mass is 10.3. The summed E-state index contributed by atoms with van der Waals surface area (Å²) in [5.74, 6) is 0. The van der Waals surface area contributed by atoms with Crippen LogP contribution in [-0.2, 0) is 12.7 Å². The lowest BCUT2D eigenvalue weighted by molar-refractivity contribution is -0.137. The second kappa shape index (κ2) is 4.49. The summed E-state index contributed by atoms with van der Waals surface area (Å²) >= 11 is 0.710. The van der Waals surface area contributed by atoms with Gasteiger partial charge in [-0.3, -0.25) is 0 Å². The Hall–Kier alpha value is -0.620. The van der Waals surface area contributed by atoms with Crippen molar-refractivity contribution in [1.82, 2.24) is 10.3 Å². The maximum Gasteiger partial charge on any atom is 0.443 e. The molecule has 0 saturated carbocycles. The van der Waals surface area contributed by atoms with Crippen molar-refractivity contribution in [3.63, 3.8) is 0 Å². The minimum absolute atomic E-state index is 0.251. The Bertz CT molecular complexity index is 331. The Morgan fingerprint density at radius 2 is 2.00 bits per heavy atom. The molecule has 1 aromatic rings. The molecule has 0 radical (unpaired) electrons. The van der Waals surface area contributed by atoms with Gasteiger partial charge in [-0.05, 0) is 6.92 Å². The molecule has 86 valence electrons. The molecule has 0 amide bonds. The summed E-state index contributed by atoms with van der Waals surface area (Å²) in [6.07, 6.45) is -4.33. The maximum absolute atomic E-state index is 12.3. The minimum atomic E-state index is -4.33. The van der Waals surface area contributed by atoms with Crippen LogP contribution >= 0.6 is 11.3 Å². The molecule has 1 N–H and O–H groups in total. The molecular formula is C9H13F3N2S. The third kappa shape index (κ3) is 3.46. The van der Waals surface area contributed by atoms with E-state index in [9.17, 15) is 13.2 Å². The zero-order valence-electron chi connectivity index (χ0n) is 8.77. The molecule has 1 rings (SSSR count). The first-order chi connectivity index (χ1) is 6.80. The van der Waals surface area contributed by atoms with Crippen LogP contribution in [0.2, 0.25) is 0 Å². The molecule has 0 aromatic carbocycles. The summed E-state index contributed by atoms with van der Waals surface area (Å²) in [5, 5.41) is 2.31. The summed E-state index contributed by atoms with van der Waals surface area (Å²) in [4.78, 5) is 4.16. The van der Waals surface area contributed by atoms with Crippen molar-refractivity contribution in [3.8, 4) is 0 Å². The van der Waals surface area contributed by atoms with Crippen LogP contribution in [0.15, 0.2) is 0 Å². The van der Waals surface area contributed by atoms with Gasteiger partial charge in [-0.1, -0.05) is 13.8 Å². The number of halogens is 3. The van der Waals surface area contributed by atoms with E-state index in [1.807, 2.05) is 13.8 Å². The second-order valence-electron chi connectivity index (χ2n) is 3.56. The van der Waals surface area contributed by atoms with Crippen molar-refractivity contribution < 1.29 is 13.2 Å². The van der Waals surface area contributed by atoms with E-state index in [0.717, 1.165) is 0 Å². The molecule has 0 unspecified atom stereocenters. The highest BCUT2D eigenvalue weighted by Crippen LogP contribution is 2.33. The van der Waals surface area contributed by atoms with Gasteiger partial charge in [0, 0.05) is 17.5 Å². The molecule has 0 aliphatic heterocycles. The van der Waals surface area contributed by atoms with E-state index in [0.29, 0.717) is 28.5 Å². The van der Waals surface area contributed by atoms with E-state index in [1.54, 1.807) is 6.92 Å². The molecule has 15 heavy (non-hydrogen) atoms. The Kier molecular flexibility index (Phi) is 3.72. The second-order valence-corrected chi connectivity index (χ2v) is 4.64. The number of hydrogen-bond donors (Lipinski definition) is 1. The van der Waals surface area contributed by atoms with Gasteiger partial charge in [-0.25, -0.2) is 4.98 Å². The van der Waals surface area contributed by atoms with Crippen LogP contribution in [0.3, 0.4) is 0 Å². The summed E-state index contributed by atoms with van der Waals surface area (Å²) in [6, 6.07) is 0.251. The quantitative estimate of drug-likeness (QED) is 0.875. The van der Waals surface area contributed by atoms with Crippen LogP contribution in [0, 0.1) is 6.92 Å². The number of aromatic nitrogens is 1. The van der Waals surface area contributed by atoms with Crippen molar-refractivity contribution in [3.05, 3.63) is 15.6 Å². The average Bonchev–Trinajstić information content (AvgIpc) is 2.42. The SMILES string of the molecule is Cc1nc(C(F)(F)F)sc1CNC(C)C. The van der Waals surface area contributed by atoms with E-state index in [-0.39, 0.29) is 6.04 Å². The van der Waals surface area contributed by atoms with Gasteiger partial charge in [-0.15, -0.1) is 11.3 Å². The van der Waals surface area contributed by atoms with E-state index in [2.05, 4.69) is 10.3 Å². The van der Waals surface area contributed by atoms with Crippen molar-refractivity contribution in [1.29, 1.82) is 0 Å². The number of rotatable bonds is 3. The van der Waals surface area contributed by atoms with Crippen LogP contribution < -0.4 is 5.32 Å². The Balaban J connectivity index is 2.78. The summed E-state index contributed by atoms with van der Waals surface area (Å²) in [5.41, 5.74) is 0.459. The predicted molar refractivity (Wildman–Crippen MR) is 53.8 cm³/mol. The first kappa shape index (κ1) is 12.4. The third-order valence-corrected chi connectivity index (χ3v) is 3.01. The normalized spacial score (nSPS) is 12.5. The highest BCUT2D eigenvalue weighted by molar-refractivity contribution is 7.11. The fourth-order valence-electron chi connectivity index (χ4n) is 1.01. The van der Waals surface area contributed by atoms with E-state index in [1.165, 1.54) is 0 Å². The molecule has 0 fully saturated rings. The smallest absolute Gasteiger partial charge is 0.310 e. The van der Waals surface area contributed by atoms with Crippen LogP contribution in [0.4, 0.5) is 13.2 Å². The molecule has 1 heterocycles. The molecular weight excluding hydrogens is 225 g/mol. The highest BCUT2D eigenvalue weighted by Gasteiger charge is 2.35. The molecule has 0 saturated heterocycles. The number of thiazole rings is 1. The Morgan fingerprint density at radius 1 is 1.40 bits per heavy atom. The molecule has 0 aliphatic rings. The number of nitrogens with one attached hydrogen (secondary N) is 1. The van der Waals surface area contributed by atoms with Crippen molar-refractivity contribution in [2.45, 2.75) is 39.5 Å². The van der Waals surface area contributed by atoms with Crippen LogP contribution in [0.5, 0.6) is 0 Å². The zero-order valence-corrected chi connectivity index (χ0v) is 9.59. The number of alkyl halides is 3. The van der Waals surface area contributed by atoms with Gasteiger partial charge in [0.1, 0.15) is 0 Å². The lowest BCUT2D eigenvalue weighted by Gasteiger charge is -2.05. The van der Waals surface area contributed by atoms with Crippen LogP contribution in [0.1, 0.15) is 29.4 Å². The van der Waals surface area contributed by atoms with Crippen molar-refractivity contribution in [2.75, 3.05) is 0 Å². The number of hydrogen-bond acceptors (Lipinski definition) is 3. The zero-order chi connectivity index (χ0) is 11.6. The van der Waals surface area contributed by atoms with E-state index in [4.69, 9.17) is 0 Å². The Labute approximate surface area is 90.5 Å². The van der Waals surface area contributed by atoms with Gasteiger partial charge in [0.15, 0.2) is 5.01 Å². The fourth-order valence-corrected chi connectivity index (χ4v) is 1.89. The monoisotopic (exact) mass is 238 g/mol. The molecule has 0 spiro atoms. The summed E-state index contributed by atoms with van der Waals surface area (Å²) in [7, 11) is 0. The molecule has 0 aliphatic carbocycles. The largest absolute Gasteiger partial charge is 0.443 e. The summed E-state index contributed by atoms with van der Waals surface area (Å²) < 4.78 is 36.9. The molecule has 6 heteroatoms. The van der Waals surface area contributed by atoms with Gasteiger partial charge >= 0.3 is 6.18 Å². The molecule has 0 atom stereocenters. The van der Waals surface area contributed by atoms with Crippen LogP contribution in [-0.4, -0.2) is 11.0 Å². The standard InChI is InChI=1S/C9H13F3N2S/c1-5(2)13-4-7-6(3)14-8(15-7)9(10,11)12/h5,13H,4H2,1-3H3. The number of nitrogens with zero attached hydrogens (tertiary/aromatic N) is 1. The van der Waals surface area contributed by atoms with Gasteiger partial charge in [0.05, 0.1) is 5.69 Å².